The van der Waals surface area contributed by atoms with Crippen LogP contribution in [0.5, 0.6) is 0 Å². The summed E-state index contributed by atoms with van der Waals surface area (Å²) in [5.41, 5.74) is 2.32. The molecule has 0 radical (unpaired) electrons. The summed E-state index contributed by atoms with van der Waals surface area (Å²) < 4.78 is 0. The molecule has 0 N–H and O–H groups in total. The molecular weight excluding hydrogens is 192 g/mol. The molecule has 0 aliphatic heterocycles. The first kappa shape index (κ1) is 12.5. The first-order valence-electron chi connectivity index (χ1n) is 7.08. The van der Waals surface area contributed by atoms with Crippen LogP contribution in [0.1, 0.15) is 80.1 Å². The lowest BCUT2D eigenvalue weighted by Gasteiger charge is -2.43. The van der Waals surface area contributed by atoms with Gasteiger partial charge in [-0.25, -0.2) is 0 Å². The monoisotopic (exact) mass is 222 g/mol. The molecule has 0 aromatic rings. The summed E-state index contributed by atoms with van der Waals surface area (Å²) in [7, 11) is 0. The average molecular weight is 222 g/mol. The van der Waals surface area contributed by atoms with E-state index in [0.29, 0.717) is 21.7 Å². The molecule has 94 valence electrons. The fourth-order valence-corrected chi connectivity index (χ4v) is 4.85. The molecule has 0 nitrogen and oxygen atoms in total. The van der Waals surface area contributed by atoms with Gasteiger partial charge >= 0.3 is 0 Å². The van der Waals surface area contributed by atoms with Gasteiger partial charge in [0, 0.05) is 0 Å². The first-order valence-corrected chi connectivity index (χ1v) is 7.08. The second-order valence-electron chi connectivity index (χ2n) is 8.82. The highest BCUT2D eigenvalue weighted by atomic mass is 14.6. The molecule has 0 unspecified atom stereocenters. The SMILES string of the molecule is CC1(C)CCCC2(C1)CC(C)(C)C(C)(C)C2. The van der Waals surface area contributed by atoms with E-state index in [1.807, 2.05) is 0 Å². The van der Waals surface area contributed by atoms with Crippen molar-refractivity contribution in [3.8, 4) is 0 Å². The summed E-state index contributed by atoms with van der Waals surface area (Å²) in [5.74, 6) is 0. The summed E-state index contributed by atoms with van der Waals surface area (Å²) in [6.07, 6.45) is 8.76. The quantitative estimate of drug-likeness (QED) is 0.513. The lowest BCUT2D eigenvalue weighted by molar-refractivity contribution is 0.0773. The van der Waals surface area contributed by atoms with Crippen molar-refractivity contribution in [1.29, 1.82) is 0 Å². The van der Waals surface area contributed by atoms with Gasteiger partial charge in [0.05, 0.1) is 0 Å². The van der Waals surface area contributed by atoms with Gasteiger partial charge < -0.3 is 0 Å². The Hall–Kier alpha value is 0. The average Bonchev–Trinajstić information content (AvgIpc) is 2.12. The van der Waals surface area contributed by atoms with E-state index in [4.69, 9.17) is 0 Å². The summed E-state index contributed by atoms with van der Waals surface area (Å²) in [5, 5.41) is 0. The molecule has 0 saturated heterocycles. The van der Waals surface area contributed by atoms with E-state index in [0.717, 1.165) is 0 Å². The van der Waals surface area contributed by atoms with Crippen molar-refractivity contribution in [3.63, 3.8) is 0 Å². The minimum absolute atomic E-state index is 0.528. The number of hydrogen-bond acceptors (Lipinski definition) is 0. The summed E-state index contributed by atoms with van der Waals surface area (Å²) in [6.45, 7) is 14.9. The molecule has 0 atom stereocenters. The second-order valence-corrected chi connectivity index (χ2v) is 8.82. The van der Waals surface area contributed by atoms with Crippen LogP contribution in [0.3, 0.4) is 0 Å². The van der Waals surface area contributed by atoms with Gasteiger partial charge in [0.2, 0.25) is 0 Å². The Labute approximate surface area is 102 Å². The zero-order chi connectivity index (χ0) is 12.2. The molecule has 2 saturated carbocycles. The van der Waals surface area contributed by atoms with E-state index in [-0.39, 0.29) is 0 Å². The topological polar surface area (TPSA) is 0 Å². The molecule has 0 amide bonds. The molecule has 16 heavy (non-hydrogen) atoms. The van der Waals surface area contributed by atoms with Crippen molar-refractivity contribution >= 4 is 0 Å². The van der Waals surface area contributed by atoms with Crippen LogP contribution in [0.15, 0.2) is 0 Å². The van der Waals surface area contributed by atoms with Gasteiger partial charge in [-0.15, -0.1) is 0 Å². The normalized spacial score (nSPS) is 34.1. The molecular formula is C16H30. The van der Waals surface area contributed by atoms with Crippen molar-refractivity contribution in [2.24, 2.45) is 21.7 Å². The van der Waals surface area contributed by atoms with Crippen LogP contribution in [0, 0.1) is 21.7 Å². The second kappa shape index (κ2) is 3.27. The van der Waals surface area contributed by atoms with E-state index in [1.54, 1.807) is 0 Å². The van der Waals surface area contributed by atoms with Crippen LogP contribution < -0.4 is 0 Å². The fourth-order valence-electron chi connectivity index (χ4n) is 4.85. The Morgan fingerprint density at radius 3 is 1.56 bits per heavy atom. The third kappa shape index (κ3) is 1.93. The van der Waals surface area contributed by atoms with E-state index >= 15 is 0 Å². The van der Waals surface area contributed by atoms with Crippen molar-refractivity contribution in [2.75, 3.05) is 0 Å². The van der Waals surface area contributed by atoms with Crippen LogP contribution in [-0.2, 0) is 0 Å². The van der Waals surface area contributed by atoms with Crippen LogP contribution in [0.4, 0.5) is 0 Å². The zero-order valence-electron chi connectivity index (χ0n) is 12.2. The lowest BCUT2D eigenvalue weighted by atomic mass is 9.62. The Morgan fingerprint density at radius 1 is 0.625 bits per heavy atom. The van der Waals surface area contributed by atoms with Crippen LogP contribution >= 0.6 is 0 Å². The molecule has 2 fully saturated rings. The maximum atomic E-state index is 2.49. The van der Waals surface area contributed by atoms with Gasteiger partial charge in [-0.3, -0.25) is 0 Å². The molecule has 2 rings (SSSR count). The van der Waals surface area contributed by atoms with Crippen molar-refractivity contribution in [3.05, 3.63) is 0 Å². The molecule has 2 aliphatic rings. The summed E-state index contributed by atoms with van der Waals surface area (Å²) >= 11 is 0. The van der Waals surface area contributed by atoms with Gasteiger partial charge in [-0.05, 0) is 53.8 Å². The highest BCUT2D eigenvalue weighted by Gasteiger charge is 2.55. The number of hydrogen-bond donors (Lipinski definition) is 0. The molecule has 0 heterocycles. The summed E-state index contributed by atoms with van der Waals surface area (Å²) in [6, 6.07) is 0. The van der Waals surface area contributed by atoms with Gasteiger partial charge in [0.15, 0.2) is 0 Å². The first-order chi connectivity index (χ1) is 7.08. The highest BCUT2D eigenvalue weighted by molar-refractivity contribution is 5.06. The predicted octanol–water partition coefficient (Wildman–Crippen LogP) is 5.42. The minimum Gasteiger partial charge on any atom is -0.0599 e. The Bertz CT molecular complexity index is 264. The van der Waals surface area contributed by atoms with Gasteiger partial charge in [-0.2, -0.15) is 0 Å². The third-order valence-electron chi connectivity index (χ3n) is 5.88. The maximum absolute atomic E-state index is 2.49. The maximum Gasteiger partial charge on any atom is -0.0282 e. The van der Waals surface area contributed by atoms with Crippen LogP contribution in [0.25, 0.3) is 0 Å². The Balaban J connectivity index is 2.23. The molecule has 0 aromatic heterocycles. The van der Waals surface area contributed by atoms with E-state index in [9.17, 15) is 0 Å². The fraction of sp³-hybridized carbons (Fsp3) is 1.00. The smallest absolute Gasteiger partial charge is 0.0282 e. The Morgan fingerprint density at radius 2 is 1.12 bits per heavy atom. The molecule has 0 heteroatoms. The molecule has 0 bridgehead atoms. The van der Waals surface area contributed by atoms with Gasteiger partial charge in [-0.1, -0.05) is 48.0 Å². The third-order valence-corrected chi connectivity index (χ3v) is 5.88. The summed E-state index contributed by atoms with van der Waals surface area (Å²) in [4.78, 5) is 0. The van der Waals surface area contributed by atoms with Crippen LogP contribution in [-0.4, -0.2) is 0 Å². The predicted molar refractivity (Wildman–Crippen MR) is 71.5 cm³/mol. The van der Waals surface area contributed by atoms with Crippen LogP contribution in [0.2, 0.25) is 0 Å². The number of rotatable bonds is 0. The van der Waals surface area contributed by atoms with E-state index < -0.39 is 0 Å². The largest absolute Gasteiger partial charge is 0.0599 e. The zero-order valence-corrected chi connectivity index (χ0v) is 12.2. The van der Waals surface area contributed by atoms with E-state index in [1.165, 1.54) is 38.5 Å². The Kier molecular flexibility index (Phi) is 2.54. The standard InChI is InChI=1S/C16H30/c1-13(2)8-7-9-16(10-13)11-14(3,4)15(5,6)12-16/h7-12H2,1-6H3. The van der Waals surface area contributed by atoms with Crippen molar-refractivity contribution < 1.29 is 0 Å². The van der Waals surface area contributed by atoms with Crippen molar-refractivity contribution in [1.82, 2.24) is 0 Å². The lowest BCUT2D eigenvalue weighted by Crippen LogP contribution is -2.32. The minimum atomic E-state index is 0.528. The van der Waals surface area contributed by atoms with Gasteiger partial charge in [0.1, 0.15) is 0 Å². The molecule has 2 aliphatic carbocycles. The van der Waals surface area contributed by atoms with Crippen molar-refractivity contribution in [2.45, 2.75) is 80.1 Å². The molecule has 0 aromatic carbocycles. The highest BCUT2D eigenvalue weighted by Crippen LogP contribution is 2.66. The molecule has 1 spiro atoms. The van der Waals surface area contributed by atoms with E-state index in [2.05, 4.69) is 41.5 Å². The van der Waals surface area contributed by atoms with Gasteiger partial charge in [0.25, 0.3) is 0 Å².